The number of para-hydroxylation sites is 1. The second-order valence-corrected chi connectivity index (χ2v) is 5.76. The number of carboxylic acids is 1. The Kier molecular flexibility index (Phi) is 2.57. The van der Waals surface area contributed by atoms with Gasteiger partial charge in [0.25, 0.3) is 5.91 Å². The van der Waals surface area contributed by atoms with E-state index < -0.39 is 5.97 Å². The number of benzene rings is 1. The number of hydrogen-bond donors (Lipinski definition) is 1. The fraction of sp³-hybridized carbons (Fsp3) is 0. The van der Waals surface area contributed by atoms with Gasteiger partial charge in [0, 0.05) is 22.7 Å². The quantitative estimate of drug-likeness (QED) is 0.534. The van der Waals surface area contributed by atoms with Crippen molar-refractivity contribution in [3.63, 3.8) is 0 Å². The minimum atomic E-state index is -1.18. The molecule has 1 aromatic carbocycles. The van der Waals surface area contributed by atoms with E-state index in [2.05, 4.69) is 4.98 Å². The topological polar surface area (TPSA) is 85.3 Å². The van der Waals surface area contributed by atoms with Crippen molar-refractivity contribution in [2.75, 3.05) is 0 Å². The van der Waals surface area contributed by atoms with Crippen molar-refractivity contribution in [1.29, 1.82) is 0 Å². The third-order valence-corrected chi connectivity index (χ3v) is 4.45. The standard InChI is InChI=1S/C19H10N2O4/c22-18-15-14(11-7-9-25-17(11)19(23)24)10-4-1-2-5-12(10)20-16(15)13-6-3-8-21(13)18/h1-9H,(H,23,24). The fourth-order valence-corrected chi connectivity index (χ4v) is 3.43. The van der Waals surface area contributed by atoms with E-state index in [1.807, 2.05) is 30.3 Å². The summed E-state index contributed by atoms with van der Waals surface area (Å²) in [6, 6.07) is 12.5. The first kappa shape index (κ1) is 13.7. The summed E-state index contributed by atoms with van der Waals surface area (Å²) in [6.45, 7) is 0. The highest BCUT2D eigenvalue weighted by atomic mass is 16.4. The average molecular weight is 330 g/mol. The lowest BCUT2D eigenvalue weighted by Gasteiger charge is -2.10. The van der Waals surface area contributed by atoms with Crippen LogP contribution in [0.1, 0.15) is 20.9 Å². The first-order valence-electron chi connectivity index (χ1n) is 7.63. The van der Waals surface area contributed by atoms with Crippen molar-refractivity contribution < 1.29 is 19.1 Å². The summed E-state index contributed by atoms with van der Waals surface area (Å²) in [6.07, 6.45) is 3.00. The number of furan rings is 1. The lowest BCUT2D eigenvalue weighted by atomic mass is 9.94. The number of aromatic carboxylic acids is 1. The Bertz CT molecular complexity index is 1200. The van der Waals surface area contributed by atoms with Gasteiger partial charge in [0.1, 0.15) is 5.69 Å². The summed E-state index contributed by atoms with van der Waals surface area (Å²) in [4.78, 5) is 29.1. The van der Waals surface area contributed by atoms with E-state index in [0.29, 0.717) is 39.0 Å². The van der Waals surface area contributed by atoms with Crippen LogP contribution in [0.2, 0.25) is 0 Å². The molecular weight excluding hydrogens is 320 g/mol. The molecule has 1 N–H and O–H groups in total. The van der Waals surface area contributed by atoms with Crippen LogP contribution in [0.5, 0.6) is 0 Å². The highest BCUT2D eigenvalue weighted by molar-refractivity contribution is 6.18. The molecule has 1 aliphatic heterocycles. The zero-order valence-electron chi connectivity index (χ0n) is 12.8. The van der Waals surface area contributed by atoms with Gasteiger partial charge in [0.15, 0.2) is 0 Å². The van der Waals surface area contributed by atoms with Crippen LogP contribution in [0.4, 0.5) is 0 Å². The number of hydrogen-bond acceptors (Lipinski definition) is 4. The molecule has 0 spiro atoms. The number of carbonyl (C=O) groups excluding carboxylic acids is 1. The second-order valence-electron chi connectivity index (χ2n) is 5.76. The average Bonchev–Trinajstić information content (AvgIpc) is 3.32. The third kappa shape index (κ3) is 1.70. The largest absolute Gasteiger partial charge is 0.475 e. The minimum absolute atomic E-state index is 0.192. The summed E-state index contributed by atoms with van der Waals surface area (Å²) in [5.74, 6) is -1.59. The molecule has 4 heterocycles. The maximum absolute atomic E-state index is 12.9. The van der Waals surface area contributed by atoms with E-state index in [1.54, 1.807) is 18.3 Å². The molecule has 4 aromatic rings. The van der Waals surface area contributed by atoms with Crippen molar-refractivity contribution in [1.82, 2.24) is 9.55 Å². The van der Waals surface area contributed by atoms with Crippen LogP contribution in [-0.4, -0.2) is 26.5 Å². The predicted molar refractivity (Wildman–Crippen MR) is 89.6 cm³/mol. The van der Waals surface area contributed by atoms with E-state index >= 15 is 0 Å². The fourth-order valence-electron chi connectivity index (χ4n) is 3.43. The molecule has 0 bridgehead atoms. The van der Waals surface area contributed by atoms with Gasteiger partial charge in [-0.1, -0.05) is 18.2 Å². The summed E-state index contributed by atoms with van der Waals surface area (Å²) in [5, 5.41) is 10.1. The van der Waals surface area contributed by atoms with Gasteiger partial charge in [0.2, 0.25) is 5.76 Å². The third-order valence-electron chi connectivity index (χ3n) is 4.45. The molecule has 3 aromatic heterocycles. The van der Waals surface area contributed by atoms with Crippen LogP contribution >= 0.6 is 0 Å². The Balaban J connectivity index is 1.97. The van der Waals surface area contributed by atoms with Crippen LogP contribution in [0, 0.1) is 0 Å². The number of aromatic nitrogens is 2. The van der Waals surface area contributed by atoms with Gasteiger partial charge >= 0.3 is 5.97 Å². The summed E-state index contributed by atoms with van der Waals surface area (Å²) < 4.78 is 6.67. The highest BCUT2D eigenvalue weighted by Gasteiger charge is 2.33. The van der Waals surface area contributed by atoms with Gasteiger partial charge in [-0.25, -0.2) is 9.78 Å². The number of nitrogens with zero attached hydrogens (tertiary/aromatic N) is 2. The van der Waals surface area contributed by atoms with Crippen molar-refractivity contribution in [2.24, 2.45) is 0 Å². The second kappa shape index (κ2) is 4.67. The Morgan fingerprint density at radius 1 is 1.08 bits per heavy atom. The maximum Gasteiger partial charge on any atom is 0.372 e. The van der Waals surface area contributed by atoms with E-state index in [-0.39, 0.29) is 11.7 Å². The summed E-state index contributed by atoms with van der Waals surface area (Å²) >= 11 is 0. The molecular formula is C19H10N2O4. The van der Waals surface area contributed by atoms with Gasteiger partial charge in [-0.2, -0.15) is 0 Å². The Morgan fingerprint density at radius 2 is 1.92 bits per heavy atom. The lowest BCUT2D eigenvalue weighted by Crippen LogP contribution is -2.07. The molecule has 0 radical (unpaired) electrons. The van der Waals surface area contributed by atoms with E-state index in [4.69, 9.17) is 4.42 Å². The van der Waals surface area contributed by atoms with Crippen LogP contribution in [-0.2, 0) is 0 Å². The van der Waals surface area contributed by atoms with Gasteiger partial charge in [-0.3, -0.25) is 9.36 Å². The molecule has 0 atom stereocenters. The molecule has 0 unspecified atom stereocenters. The van der Waals surface area contributed by atoms with Crippen LogP contribution in [0.15, 0.2) is 59.3 Å². The molecule has 0 fully saturated rings. The summed E-state index contributed by atoms with van der Waals surface area (Å²) in [7, 11) is 0. The zero-order valence-corrected chi connectivity index (χ0v) is 12.8. The number of pyridine rings is 1. The molecule has 6 nitrogen and oxygen atoms in total. The zero-order chi connectivity index (χ0) is 17.1. The van der Waals surface area contributed by atoms with Gasteiger partial charge in [0.05, 0.1) is 23.0 Å². The molecule has 0 amide bonds. The van der Waals surface area contributed by atoms with E-state index in [0.717, 1.165) is 0 Å². The van der Waals surface area contributed by atoms with Crippen LogP contribution < -0.4 is 0 Å². The monoisotopic (exact) mass is 330 g/mol. The predicted octanol–water partition coefficient (Wildman–Crippen LogP) is 3.66. The molecule has 6 heteroatoms. The number of carbonyl (C=O) groups is 2. The molecule has 0 saturated carbocycles. The molecule has 120 valence electrons. The number of fused-ring (bicyclic) bond motifs is 4. The van der Waals surface area contributed by atoms with Crippen LogP contribution in [0.3, 0.4) is 0 Å². The van der Waals surface area contributed by atoms with Crippen LogP contribution in [0.25, 0.3) is 33.4 Å². The molecule has 5 rings (SSSR count). The van der Waals surface area contributed by atoms with Gasteiger partial charge in [-0.05, 0) is 24.3 Å². The normalized spacial score (nSPS) is 12.4. The van der Waals surface area contributed by atoms with E-state index in [1.165, 1.54) is 10.8 Å². The smallest absolute Gasteiger partial charge is 0.372 e. The Labute approximate surface area is 141 Å². The maximum atomic E-state index is 12.9. The number of rotatable bonds is 2. The van der Waals surface area contributed by atoms with Crippen molar-refractivity contribution in [3.05, 3.63) is 66.2 Å². The van der Waals surface area contributed by atoms with Crippen molar-refractivity contribution >= 4 is 22.8 Å². The Morgan fingerprint density at radius 3 is 2.76 bits per heavy atom. The SMILES string of the molecule is O=C(O)c1occc1-c1c2c(nc3ccccc13)-c1cccn1C2=O. The van der Waals surface area contributed by atoms with E-state index in [9.17, 15) is 14.7 Å². The molecule has 25 heavy (non-hydrogen) atoms. The molecule has 0 aliphatic carbocycles. The number of carboxylic acid groups (broad SMARTS) is 1. The first-order valence-corrected chi connectivity index (χ1v) is 7.63. The van der Waals surface area contributed by atoms with Gasteiger partial charge in [-0.15, -0.1) is 0 Å². The molecule has 1 aliphatic rings. The van der Waals surface area contributed by atoms with Crippen molar-refractivity contribution in [3.8, 4) is 22.5 Å². The first-order chi connectivity index (χ1) is 12.2. The van der Waals surface area contributed by atoms with Crippen molar-refractivity contribution in [2.45, 2.75) is 0 Å². The minimum Gasteiger partial charge on any atom is -0.475 e. The lowest BCUT2D eigenvalue weighted by molar-refractivity contribution is 0.0663. The highest BCUT2D eigenvalue weighted by Crippen LogP contribution is 2.42. The van der Waals surface area contributed by atoms with Gasteiger partial charge < -0.3 is 9.52 Å². The summed E-state index contributed by atoms with van der Waals surface area (Å²) in [5.41, 5.74) is 3.27. The molecule has 0 saturated heterocycles. The Hall–Kier alpha value is -3.67.